The molecule has 0 aliphatic carbocycles. The van der Waals surface area contributed by atoms with Crippen LogP contribution in [0.15, 0.2) is 64.7 Å². The molecule has 0 amide bonds. The van der Waals surface area contributed by atoms with Gasteiger partial charge in [-0.15, -0.1) is 0 Å². The normalized spacial score (nSPS) is 17.0. The van der Waals surface area contributed by atoms with Crippen LogP contribution in [0.5, 0.6) is 0 Å². The van der Waals surface area contributed by atoms with Gasteiger partial charge in [0.05, 0.1) is 16.4 Å². The van der Waals surface area contributed by atoms with E-state index in [9.17, 15) is 0 Å². The van der Waals surface area contributed by atoms with E-state index >= 15 is 0 Å². The van der Waals surface area contributed by atoms with Crippen molar-refractivity contribution in [1.29, 1.82) is 0 Å². The van der Waals surface area contributed by atoms with Gasteiger partial charge in [0.2, 0.25) is 0 Å². The van der Waals surface area contributed by atoms with Crippen molar-refractivity contribution in [2.45, 2.75) is 0 Å². The highest BCUT2D eigenvalue weighted by Crippen LogP contribution is 2.27. The maximum atomic E-state index is 6.15. The Balaban J connectivity index is 1.86. The Morgan fingerprint density at radius 1 is 1.10 bits per heavy atom. The zero-order chi connectivity index (χ0) is 14.7. The molecule has 1 aliphatic heterocycles. The number of amidine groups is 1. The van der Waals surface area contributed by atoms with Gasteiger partial charge in [0, 0.05) is 12.8 Å². The molecule has 3 rings (SSSR count). The highest BCUT2D eigenvalue weighted by Gasteiger charge is 2.17. The Hall–Kier alpha value is -1.78. The van der Waals surface area contributed by atoms with Gasteiger partial charge in [-0.2, -0.15) is 5.10 Å². The summed E-state index contributed by atoms with van der Waals surface area (Å²) in [7, 11) is 1.91. The molecule has 106 valence electrons. The van der Waals surface area contributed by atoms with Gasteiger partial charge in [-0.05, 0) is 17.7 Å². The molecule has 0 fully saturated rings. The van der Waals surface area contributed by atoms with Crippen molar-refractivity contribution in [1.82, 2.24) is 5.01 Å². The molecular formula is C16H14ClN3S. The molecule has 1 heterocycles. The van der Waals surface area contributed by atoms with Gasteiger partial charge < -0.3 is 0 Å². The third-order valence-corrected chi connectivity index (χ3v) is 4.41. The van der Waals surface area contributed by atoms with E-state index in [0.717, 1.165) is 27.9 Å². The average molecular weight is 316 g/mol. The SMILES string of the molecule is CN1N=C(c2ccccc2)CSC1=Nc1ccccc1Cl. The van der Waals surface area contributed by atoms with Gasteiger partial charge in [0.25, 0.3) is 0 Å². The summed E-state index contributed by atoms with van der Waals surface area (Å²) in [6.45, 7) is 0. The summed E-state index contributed by atoms with van der Waals surface area (Å²) in [4.78, 5) is 4.59. The number of halogens is 1. The third kappa shape index (κ3) is 3.28. The molecule has 2 aromatic carbocycles. The van der Waals surface area contributed by atoms with Crippen molar-refractivity contribution in [3.05, 3.63) is 65.2 Å². The highest BCUT2D eigenvalue weighted by molar-refractivity contribution is 8.14. The Morgan fingerprint density at radius 3 is 2.52 bits per heavy atom. The van der Waals surface area contributed by atoms with Gasteiger partial charge in [-0.1, -0.05) is 65.8 Å². The van der Waals surface area contributed by atoms with E-state index in [2.05, 4.69) is 22.2 Å². The number of para-hydroxylation sites is 1. The van der Waals surface area contributed by atoms with Crippen molar-refractivity contribution in [2.24, 2.45) is 10.1 Å². The van der Waals surface area contributed by atoms with Crippen LogP contribution < -0.4 is 0 Å². The van der Waals surface area contributed by atoms with Crippen LogP contribution >= 0.6 is 23.4 Å². The van der Waals surface area contributed by atoms with Gasteiger partial charge in [0.15, 0.2) is 5.17 Å². The second kappa shape index (κ2) is 6.33. The predicted molar refractivity (Wildman–Crippen MR) is 91.7 cm³/mol. The van der Waals surface area contributed by atoms with E-state index in [1.807, 2.05) is 49.5 Å². The number of hydrogen-bond donors (Lipinski definition) is 0. The molecule has 0 atom stereocenters. The predicted octanol–water partition coefficient (Wildman–Crippen LogP) is 4.41. The molecule has 0 aromatic heterocycles. The lowest BCUT2D eigenvalue weighted by atomic mass is 10.1. The van der Waals surface area contributed by atoms with Gasteiger partial charge >= 0.3 is 0 Å². The minimum absolute atomic E-state index is 0.650. The van der Waals surface area contributed by atoms with Crippen LogP contribution in [0.4, 0.5) is 5.69 Å². The number of rotatable bonds is 2. The van der Waals surface area contributed by atoms with E-state index in [1.54, 1.807) is 16.8 Å². The largest absolute Gasteiger partial charge is 0.245 e. The maximum Gasteiger partial charge on any atom is 0.185 e. The van der Waals surface area contributed by atoms with Crippen LogP contribution in [-0.4, -0.2) is 28.7 Å². The fourth-order valence-electron chi connectivity index (χ4n) is 2.00. The zero-order valence-electron chi connectivity index (χ0n) is 11.5. The molecule has 0 unspecified atom stereocenters. The van der Waals surface area contributed by atoms with E-state index in [-0.39, 0.29) is 0 Å². The van der Waals surface area contributed by atoms with Crippen LogP contribution in [0.2, 0.25) is 5.02 Å². The number of aliphatic imine (C=N–C) groups is 1. The first-order valence-electron chi connectivity index (χ1n) is 6.57. The molecule has 5 heteroatoms. The standard InChI is InChI=1S/C16H14ClN3S/c1-20-16(18-14-10-6-5-9-13(14)17)21-11-15(19-20)12-7-3-2-4-8-12/h2-10H,11H2,1H3. The van der Waals surface area contributed by atoms with Crippen molar-refractivity contribution in [2.75, 3.05) is 12.8 Å². The fourth-order valence-corrected chi connectivity index (χ4v) is 3.06. The van der Waals surface area contributed by atoms with Crippen LogP contribution in [0.1, 0.15) is 5.56 Å². The number of thioether (sulfide) groups is 1. The van der Waals surface area contributed by atoms with E-state index in [1.165, 1.54) is 0 Å². The van der Waals surface area contributed by atoms with Gasteiger partial charge in [-0.25, -0.2) is 10.0 Å². The second-order valence-electron chi connectivity index (χ2n) is 4.57. The number of hydrazone groups is 1. The van der Waals surface area contributed by atoms with Crippen molar-refractivity contribution in [3.8, 4) is 0 Å². The van der Waals surface area contributed by atoms with Gasteiger partial charge in [-0.3, -0.25) is 0 Å². The molecule has 2 aromatic rings. The molecule has 0 spiro atoms. The fraction of sp³-hybridized carbons (Fsp3) is 0.125. The summed E-state index contributed by atoms with van der Waals surface area (Å²) < 4.78 is 0. The number of benzene rings is 2. The topological polar surface area (TPSA) is 28.0 Å². The Kier molecular flexibility index (Phi) is 4.27. The van der Waals surface area contributed by atoms with Gasteiger partial charge in [0.1, 0.15) is 0 Å². The second-order valence-corrected chi connectivity index (χ2v) is 5.92. The lowest BCUT2D eigenvalue weighted by molar-refractivity contribution is 0.553. The third-order valence-electron chi connectivity index (χ3n) is 3.06. The molecular weight excluding hydrogens is 302 g/mol. The first-order chi connectivity index (χ1) is 10.2. The van der Waals surface area contributed by atoms with Crippen LogP contribution in [-0.2, 0) is 0 Å². The number of hydrogen-bond acceptors (Lipinski definition) is 3. The molecule has 0 bridgehead atoms. The summed E-state index contributed by atoms with van der Waals surface area (Å²) in [5, 5.41) is 7.92. The summed E-state index contributed by atoms with van der Waals surface area (Å²) in [5.41, 5.74) is 2.97. The lowest BCUT2D eigenvalue weighted by Gasteiger charge is -2.22. The van der Waals surface area contributed by atoms with Crippen molar-refractivity contribution < 1.29 is 0 Å². The van der Waals surface area contributed by atoms with Crippen LogP contribution in [0, 0.1) is 0 Å². The van der Waals surface area contributed by atoms with E-state index < -0.39 is 0 Å². The smallest absolute Gasteiger partial charge is 0.185 e. The van der Waals surface area contributed by atoms with E-state index in [0.29, 0.717) is 5.02 Å². The summed E-state index contributed by atoms with van der Waals surface area (Å²) in [6.07, 6.45) is 0. The summed E-state index contributed by atoms with van der Waals surface area (Å²) >= 11 is 7.81. The minimum Gasteiger partial charge on any atom is -0.245 e. The first kappa shape index (κ1) is 14.2. The molecule has 1 aliphatic rings. The number of nitrogens with zero attached hydrogens (tertiary/aromatic N) is 3. The molecule has 21 heavy (non-hydrogen) atoms. The average Bonchev–Trinajstić information content (AvgIpc) is 2.52. The quantitative estimate of drug-likeness (QED) is 0.821. The molecule has 3 nitrogen and oxygen atoms in total. The first-order valence-corrected chi connectivity index (χ1v) is 7.93. The Labute approximate surface area is 133 Å². The summed E-state index contributed by atoms with van der Waals surface area (Å²) in [5.74, 6) is 0.803. The molecule has 0 radical (unpaired) electrons. The lowest BCUT2D eigenvalue weighted by Crippen LogP contribution is -2.27. The van der Waals surface area contributed by atoms with Crippen molar-refractivity contribution >= 4 is 39.9 Å². The van der Waals surface area contributed by atoms with Crippen LogP contribution in [0.3, 0.4) is 0 Å². The monoisotopic (exact) mass is 315 g/mol. The van der Waals surface area contributed by atoms with E-state index in [4.69, 9.17) is 11.6 Å². The Morgan fingerprint density at radius 2 is 1.81 bits per heavy atom. The van der Waals surface area contributed by atoms with Crippen molar-refractivity contribution in [3.63, 3.8) is 0 Å². The Bertz CT molecular complexity index is 698. The maximum absolute atomic E-state index is 6.15. The molecule has 0 saturated heterocycles. The molecule has 0 N–H and O–H groups in total. The van der Waals surface area contributed by atoms with Crippen LogP contribution in [0.25, 0.3) is 0 Å². The zero-order valence-corrected chi connectivity index (χ0v) is 13.1. The highest BCUT2D eigenvalue weighted by atomic mass is 35.5. The molecule has 0 saturated carbocycles. The summed E-state index contributed by atoms with van der Waals surface area (Å²) in [6, 6.07) is 17.8. The minimum atomic E-state index is 0.650.